The molecule has 1 N–H and O–H groups in total. The second-order valence-corrected chi connectivity index (χ2v) is 4.17. The van der Waals surface area contributed by atoms with E-state index in [1.165, 1.54) is 22.0 Å². The van der Waals surface area contributed by atoms with Gasteiger partial charge in [0.05, 0.1) is 0 Å². The number of aromatic nitrogens is 1. The molecule has 1 aromatic heterocycles. The van der Waals surface area contributed by atoms with Crippen LogP contribution in [0.15, 0.2) is 24.4 Å². The number of fused-ring (bicyclic) bond motifs is 1. The van der Waals surface area contributed by atoms with Crippen molar-refractivity contribution >= 4 is 10.9 Å². The number of hydrogen-bond donors (Lipinski definition) is 1. The highest BCUT2D eigenvalue weighted by molar-refractivity contribution is 5.87. The lowest BCUT2D eigenvalue weighted by molar-refractivity contribution is 0.654. The normalized spacial score (nSPS) is 13.3. The van der Waals surface area contributed by atoms with Crippen LogP contribution in [-0.4, -0.2) is 11.6 Å². The summed E-state index contributed by atoms with van der Waals surface area (Å²) in [7, 11) is 4.11. The summed E-state index contributed by atoms with van der Waals surface area (Å²) in [6, 6.07) is 6.86. The van der Waals surface area contributed by atoms with Crippen LogP contribution in [0.25, 0.3) is 10.9 Å². The van der Waals surface area contributed by atoms with Crippen molar-refractivity contribution in [1.82, 2.24) is 9.88 Å². The van der Waals surface area contributed by atoms with Gasteiger partial charge in [-0.2, -0.15) is 0 Å². The van der Waals surface area contributed by atoms with Gasteiger partial charge in [-0.1, -0.05) is 12.1 Å². The van der Waals surface area contributed by atoms with E-state index in [2.05, 4.69) is 55.2 Å². The number of benzene rings is 1. The van der Waals surface area contributed by atoms with Gasteiger partial charge < -0.3 is 9.88 Å². The smallest absolute Gasteiger partial charge is 0.0483 e. The van der Waals surface area contributed by atoms with Gasteiger partial charge in [-0.05, 0) is 38.1 Å². The van der Waals surface area contributed by atoms with Gasteiger partial charge in [0.15, 0.2) is 0 Å². The van der Waals surface area contributed by atoms with E-state index in [1.54, 1.807) is 0 Å². The molecule has 0 saturated heterocycles. The minimum atomic E-state index is 0.398. The Morgan fingerprint density at radius 1 is 1.33 bits per heavy atom. The molecule has 0 radical (unpaired) electrons. The van der Waals surface area contributed by atoms with Crippen LogP contribution in [0.5, 0.6) is 0 Å². The molecule has 2 rings (SSSR count). The molecular weight excluding hydrogens is 184 g/mol. The molecule has 0 aliphatic carbocycles. The Bertz CT molecular complexity index is 482. The molecule has 2 heteroatoms. The zero-order chi connectivity index (χ0) is 11.0. The van der Waals surface area contributed by atoms with Gasteiger partial charge in [-0.15, -0.1) is 0 Å². The molecular formula is C13H18N2. The maximum atomic E-state index is 3.30. The first kappa shape index (κ1) is 10.2. The van der Waals surface area contributed by atoms with Crippen LogP contribution >= 0.6 is 0 Å². The van der Waals surface area contributed by atoms with Crippen LogP contribution in [0.2, 0.25) is 0 Å². The molecule has 0 saturated carbocycles. The molecule has 1 heterocycles. The fourth-order valence-electron chi connectivity index (χ4n) is 2.15. The largest absolute Gasteiger partial charge is 0.350 e. The Labute approximate surface area is 90.9 Å². The van der Waals surface area contributed by atoms with E-state index in [0.29, 0.717) is 6.04 Å². The molecule has 80 valence electrons. The highest BCUT2D eigenvalue weighted by atomic mass is 14.9. The number of nitrogens with zero attached hydrogens (tertiary/aromatic N) is 1. The standard InChI is InChI=1S/C13H18N2/c1-9-6-5-7-12-13(9)11(8-15(12)4)10(2)14-3/h5-8,10,14H,1-4H3. The summed E-state index contributed by atoms with van der Waals surface area (Å²) >= 11 is 0. The highest BCUT2D eigenvalue weighted by Crippen LogP contribution is 2.28. The molecule has 1 atom stereocenters. The molecule has 0 bridgehead atoms. The minimum absolute atomic E-state index is 0.398. The summed E-state index contributed by atoms with van der Waals surface area (Å²) in [5.74, 6) is 0. The maximum absolute atomic E-state index is 3.30. The summed E-state index contributed by atoms with van der Waals surface area (Å²) in [6.45, 7) is 4.37. The lowest BCUT2D eigenvalue weighted by Gasteiger charge is -2.09. The van der Waals surface area contributed by atoms with Crippen LogP contribution in [0.4, 0.5) is 0 Å². The number of hydrogen-bond acceptors (Lipinski definition) is 1. The van der Waals surface area contributed by atoms with E-state index in [9.17, 15) is 0 Å². The van der Waals surface area contributed by atoms with Crippen LogP contribution in [0.3, 0.4) is 0 Å². The van der Waals surface area contributed by atoms with Crippen molar-refractivity contribution in [3.8, 4) is 0 Å². The van der Waals surface area contributed by atoms with E-state index in [4.69, 9.17) is 0 Å². The van der Waals surface area contributed by atoms with E-state index in [0.717, 1.165) is 0 Å². The van der Waals surface area contributed by atoms with Crippen LogP contribution in [-0.2, 0) is 7.05 Å². The Hall–Kier alpha value is -1.28. The first-order valence-corrected chi connectivity index (χ1v) is 5.37. The number of nitrogens with one attached hydrogen (secondary N) is 1. The molecule has 15 heavy (non-hydrogen) atoms. The van der Waals surface area contributed by atoms with Gasteiger partial charge in [0, 0.05) is 30.2 Å². The zero-order valence-electron chi connectivity index (χ0n) is 9.83. The summed E-state index contributed by atoms with van der Waals surface area (Å²) in [5.41, 5.74) is 4.05. The predicted molar refractivity (Wildman–Crippen MR) is 65.1 cm³/mol. The quantitative estimate of drug-likeness (QED) is 0.792. The van der Waals surface area contributed by atoms with E-state index < -0.39 is 0 Å². The third-order valence-corrected chi connectivity index (χ3v) is 3.15. The third-order valence-electron chi connectivity index (χ3n) is 3.15. The monoisotopic (exact) mass is 202 g/mol. The van der Waals surface area contributed by atoms with Crippen molar-refractivity contribution in [3.63, 3.8) is 0 Å². The summed E-state index contributed by atoms with van der Waals surface area (Å²) in [5, 5.41) is 4.69. The average Bonchev–Trinajstić information content (AvgIpc) is 2.57. The molecule has 0 aliphatic heterocycles. The van der Waals surface area contributed by atoms with Gasteiger partial charge in [0.2, 0.25) is 0 Å². The van der Waals surface area contributed by atoms with E-state index >= 15 is 0 Å². The molecule has 2 nitrogen and oxygen atoms in total. The molecule has 0 aliphatic rings. The van der Waals surface area contributed by atoms with Crippen molar-refractivity contribution in [2.45, 2.75) is 19.9 Å². The second-order valence-electron chi connectivity index (χ2n) is 4.17. The topological polar surface area (TPSA) is 17.0 Å². The molecule has 0 fully saturated rings. The van der Waals surface area contributed by atoms with Crippen molar-refractivity contribution < 1.29 is 0 Å². The van der Waals surface area contributed by atoms with Gasteiger partial charge in [0.25, 0.3) is 0 Å². The third kappa shape index (κ3) is 1.55. The second kappa shape index (κ2) is 3.70. The highest BCUT2D eigenvalue weighted by Gasteiger charge is 2.12. The fourth-order valence-corrected chi connectivity index (χ4v) is 2.15. The van der Waals surface area contributed by atoms with Crippen LogP contribution in [0.1, 0.15) is 24.1 Å². The van der Waals surface area contributed by atoms with Crippen molar-refractivity contribution in [2.75, 3.05) is 7.05 Å². The van der Waals surface area contributed by atoms with E-state index in [1.807, 2.05) is 7.05 Å². The summed E-state index contributed by atoms with van der Waals surface area (Å²) < 4.78 is 2.20. The molecule has 1 unspecified atom stereocenters. The van der Waals surface area contributed by atoms with Gasteiger partial charge in [0.1, 0.15) is 0 Å². The summed E-state index contributed by atoms with van der Waals surface area (Å²) in [6.07, 6.45) is 2.22. The van der Waals surface area contributed by atoms with Crippen molar-refractivity contribution in [2.24, 2.45) is 7.05 Å². The Balaban J connectivity index is 2.75. The average molecular weight is 202 g/mol. The molecule has 0 spiro atoms. The first-order valence-electron chi connectivity index (χ1n) is 5.37. The van der Waals surface area contributed by atoms with Crippen LogP contribution < -0.4 is 5.32 Å². The Morgan fingerprint density at radius 3 is 2.73 bits per heavy atom. The van der Waals surface area contributed by atoms with Gasteiger partial charge in [-0.3, -0.25) is 0 Å². The van der Waals surface area contributed by atoms with Gasteiger partial charge >= 0.3 is 0 Å². The minimum Gasteiger partial charge on any atom is -0.350 e. The van der Waals surface area contributed by atoms with Crippen molar-refractivity contribution in [1.29, 1.82) is 0 Å². The number of aryl methyl sites for hydroxylation is 2. The maximum Gasteiger partial charge on any atom is 0.0483 e. The predicted octanol–water partition coefficient (Wildman–Crippen LogP) is 2.77. The lowest BCUT2D eigenvalue weighted by atomic mass is 10.0. The zero-order valence-corrected chi connectivity index (χ0v) is 9.83. The Kier molecular flexibility index (Phi) is 2.53. The van der Waals surface area contributed by atoms with E-state index in [-0.39, 0.29) is 0 Å². The first-order chi connectivity index (χ1) is 7.15. The molecule has 0 amide bonds. The fraction of sp³-hybridized carbons (Fsp3) is 0.385. The van der Waals surface area contributed by atoms with Crippen LogP contribution in [0, 0.1) is 6.92 Å². The molecule has 1 aromatic carbocycles. The lowest BCUT2D eigenvalue weighted by Crippen LogP contribution is -2.11. The Morgan fingerprint density at radius 2 is 2.07 bits per heavy atom. The summed E-state index contributed by atoms with van der Waals surface area (Å²) in [4.78, 5) is 0. The SMILES string of the molecule is CNC(C)c1cn(C)c2cccc(C)c12. The van der Waals surface area contributed by atoms with Gasteiger partial charge in [-0.25, -0.2) is 0 Å². The van der Waals surface area contributed by atoms with Crippen molar-refractivity contribution in [3.05, 3.63) is 35.5 Å². The molecule has 2 aromatic rings. The number of rotatable bonds is 2.